The second kappa shape index (κ2) is 5.05. The fraction of sp³-hybridized carbons (Fsp3) is 0.417. The Labute approximate surface area is 117 Å². The number of nitrogen functional groups attached to an aromatic ring is 1. The summed E-state index contributed by atoms with van der Waals surface area (Å²) in [6.07, 6.45) is 1.50. The van der Waals surface area contributed by atoms with Crippen molar-refractivity contribution in [2.24, 2.45) is 7.05 Å². The van der Waals surface area contributed by atoms with E-state index in [-0.39, 0.29) is 5.82 Å². The van der Waals surface area contributed by atoms with Crippen molar-refractivity contribution >= 4 is 29.2 Å². The smallest absolute Gasteiger partial charge is 0.232 e. The fourth-order valence-electron chi connectivity index (χ4n) is 1.71. The molecule has 0 bridgehead atoms. The van der Waals surface area contributed by atoms with E-state index in [0.717, 1.165) is 11.5 Å². The lowest BCUT2D eigenvalue weighted by atomic mass is 10.1. The van der Waals surface area contributed by atoms with E-state index in [4.69, 9.17) is 17.3 Å². The van der Waals surface area contributed by atoms with Gasteiger partial charge in [0.15, 0.2) is 0 Å². The topological polar surface area (TPSA) is 72.9 Å². The van der Waals surface area contributed by atoms with Gasteiger partial charge in [-0.05, 0) is 5.92 Å². The minimum atomic E-state index is 0.268. The molecular formula is C12H17ClN6. The van der Waals surface area contributed by atoms with Gasteiger partial charge in [-0.15, -0.1) is 0 Å². The van der Waals surface area contributed by atoms with Crippen molar-refractivity contribution in [3.8, 4) is 0 Å². The Morgan fingerprint density at radius 1 is 1.42 bits per heavy atom. The maximum atomic E-state index is 5.82. The molecule has 2 rings (SSSR count). The van der Waals surface area contributed by atoms with Gasteiger partial charge in [0.25, 0.3) is 0 Å². The SMILES string of the molecule is CC(C)c1cc(N(C)c2ncc(Cl)c(N)n2)n(C)n1. The number of aryl methyl sites for hydroxylation is 1. The largest absolute Gasteiger partial charge is 0.382 e. The molecule has 2 heterocycles. The molecule has 6 nitrogen and oxygen atoms in total. The Bertz CT molecular complexity index is 592. The second-order valence-corrected chi connectivity index (χ2v) is 5.08. The number of nitrogens with zero attached hydrogens (tertiary/aromatic N) is 5. The first-order chi connectivity index (χ1) is 8.90. The van der Waals surface area contributed by atoms with E-state index in [1.54, 1.807) is 4.68 Å². The molecule has 0 atom stereocenters. The molecule has 19 heavy (non-hydrogen) atoms. The fourth-order valence-corrected chi connectivity index (χ4v) is 1.80. The summed E-state index contributed by atoms with van der Waals surface area (Å²) in [4.78, 5) is 10.2. The normalized spacial score (nSPS) is 11.1. The average Bonchev–Trinajstić information content (AvgIpc) is 2.74. The molecule has 2 aromatic heterocycles. The van der Waals surface area contributed by atoms with Gasteiger partial charge in [-0.25, -0.2) is 4.98 Å². The van der Waals surface area contributed by atoms with Crippen molar-refractivity contribution in [3.63, 3.8) is 0 Å². The van der Waals surface area contributed by atoms with Crippen molar-refractivity contribution in [1.29, 1.82) is 0 Å². The highest BCUT2D eigenvalue weighted by molar-refractivity contribution is 6.32. The monoisotopic (exact) mass is 280 g/mol. The minimum Gasteiger partial charge on any atom is -0.382 e. The summed E-state index contributed by atoms with van der Waals surface area (Å²) >= 11 is 5.82. The van der Waals surface area contributed by atoms with Crippen LogP contribution in [0.4, 0.5) is 17.6 Å². The van der Waals surface area contributed by atoms with Crippen LogP contribution in [0.3, 0.4) is 0 Å². The van der Waals surface area contributed by atoms with Crippen LogP contribution in [0.2, 0.25) is 5.02 Å². The molecule has 0 amide bonds. The van der Waals surface area contributed by atoms with Crippen molar-refractivity contribution in [3.05, 3.63) is 23.0 Å². The van der Waals surface area contributed by atoms with Crippen LogP contribution < -0.4 is 10.6 Å². The molecule has 0 fully saturated rings. The number of hydrogen-bond donors (Lipinski definition) is 1. The number of halogens is 1. The summed E-state index contributed by atoms with van der Waals surface area (Å²) in [6.45, 7) is 4.20. The molecule has 0 aliphatic rings. The van der Waals surface area contributed by atoms with Crippen LogP contribution in [-0.2, 0) is 7.05 Å². The molecule has 7 heteroatoms. The van der Waals surface area contributed by atoms with Crippen molar-refractivity contribution < 1.29 is 0 Å². The van der Waals surface area contributed by atoms with Gasteiger partial charge in [-0.1, -0.05) is 25.4 Å². The van der Waals surface area contributed by atoms with Gasteiger partial charge in [0.2, 0.25) is 5.95 Å². The number of hydrogen-bond acceptors (Lipinski definition) is 5. The number of nitrogens with two attached hydrogens (primary N) is 1. The predicted molar refractivity (Wildman–Crippen MR) is 76.8 cm³/mol. The maximum absolute atomic E-state index is 5.82. The Balaban J connectivity index is 2.38. The molecule has 0 saturated heterocycles. The Hall–Kier alpha value is -1.82. The molecule has 0 aromatic carbocycles. The molecule has 102 valence electrons. The molecule has 0 unspecified atom stereocenters. The van der Waals surface area contributed by atoms with E-state index in [1.807, 2.05) is 25.1 Å². The zero-order valence-electron chi connectivity index (χ0n) is 11.4. The van der Waals surface area contributed by atoms with Crippen LogP contribution in [0.1, 0.15) is 25.5 Å². The van der Waals surface area contributed by atoms with Crippen LogP contribution in [0.15, 0.2) is 12.3 Å². The zero-order chi connectivity index (χ0) is 14.2. The highest BCUT2D eigenvalue weighted by Crippen LogP contribution is 2.25. The summed E-state index contributed by atoms with van der Waals surface area (Å²) < 4.78 is 1.80. The van der Waals surface area contributed by atoms with Gasteiger partial charge in [0.05, 0.1) is 11.9 Å². The average molecular weight is 281 g/mol. The van der Waals surface area contributed by atoms with Gasteiger partial charge < -0.3 is 5.73 Å². The van der Waals surface area contributed by atoms with Crippen molar-refractivity contribution in [2.75, 3.05) is 17.7 Å². The first-order valence-electron chi connectivity index (χ1n) is 5.95. The summed E-state index contributed by atoms with van der Waals surface area (Å²) in [5, 5.41) is 4.81. The summed E-state index contributed by atoms with van der Waals surface area (Å²) in [5.41, 5.74) is 6.72. The van der Waals surface area contributed by atoms with Crippen molar-refractivity contribution in [2.45, 2.75) is 19.8 Å². The summed E-state index contributed by atoms with van der Waals surface area (Å²) in [6, 6.07) is 2.01. The Morgan fingerprint density at radius 2 is 2.11 bits per heavy atom. The molecule has 0 radical (unpaired) electrons. The van der Waals surface area contributed by atoms with Gasteiger partial charge in [-0.3, -0.25) is 9.58 Å². The lowest BCUT2D eigenvalue weighted by Gasteiger charge is -2.16. The molecular weight excluding hydrogens is 264 g/mol. The first kappa shape index (κ1) is 13.6. The second-order valence-electron chi connectivity index (χ2n) is 4.67. The lowest BCUT2D eigenvalue weighted by molar-refractivity contribution is 0.709. The van der Waals surface area contributed by atoms with E-state index in [0.29, 0.717) is 16.9 Å². The third-order valence-electron chi connectivity index (χ3n) is 2.87. The predicted octanol–water partition coefficient (Wildman–Crippen LogP) is 2.34. The quantitative estimate of drug-likeness (QED) is 0.934. The van der Waals surface area contributed by atoms with E-state index in [9.17, 15) is 0 Å². The van der Waals surface area contributed by atoms with Crippen LogP contribution in [-0.4, -0.2) is 26.8 Å². The first-order valence-corrected chi connectivity index (χ1v) is 6.33. The molecule has 2 N–H and O–H groups in total. The highest BCUT2D eigenvalue weighted by atomic mass is 35.5. The highest BCUT2D eigenvalue weighted by Gasteiger charge is 2.15. The zero-order valence-corrected chi connectivity index (χ0v) is 12.2. The van der Waals surface area contributed by atoms with Crippen LogP contribution in [0.5, 0.6) is 0 Å². The van der Waals surface area contributed by atoms with E-state index in [2.05, 4.69) is 28.9 Å². The standard InChI is InChI=1S/C12H17ClN6/c1-7(2)9-5-10(19(4)17-9)18(3)12-15-6-8(13)11(14)16-12/h5-7H,1-4H3,(H2,14,15,16). The third kappa shape index (κ3) is 2.63. The van der Waals surface area contributed by atoms with Crippen LogP contribution in [0, 0.1) is 0 Å². The van der Waals surface area contributed by atoms with Gasteiger partial charge in [0, 0.05) is 20.2 Å². The summed E-state index contributed by atoms with van der Waals surface area (Å²) in [5.74, 6) is 2.01. The maximum Gasteiger partial charge on any atom is 0.232 e. The van der Waals surface area contributed by atoms with E-state index < -0.39 is 0 Å². The Kier molecular flexibility index (Phi) is 3.61. The number of anilines is 3. The lowest BCUT2D eigenvalue weighted by Crippen LogP contribution is -2.17. The molecule has 0 aliphatic carbocycles. The van der Waals surface area contributed by atoms with Crippen LogP contribution in [0.25, 0.3) is 0 Å². The Morgan fingerprint density at radius 3 is 2.63 bits per heavy atom. The van der Waals surface area contributed by atoms with Gasteiger partial charge >= 0.3 is 0 Å². The van der Waals surface area contributed by atoms with Crippen molar-refractivity contribution in [1.82, 2.24) is 19.7 Å². The van der Waals surface area contributed by atoms with Gasteiger partial charge in [0.1, 0.15) is 16.7 Å². The van der Waals surface area contributed by atoms with Gasteiger partial charge in [-0.2, -0.15) is 10.1 Å². The molecule has 0 saturated carbocycles. The molecule has 2 aromatic rings. The van der Waals surface area contributed by atoms with E-state index >= 15 is 0 Å². The van der Waals surface area contributed by atoms with E-state index in [1.165, 1.54) is 6.20 Å². The third-order valence-corrected chi connectivity index (χ3v) is 3.16. The molecule has 0 aliphatic heterocycles. The summed E-state index contributed by atoms with van der Waals surface area (Å²) in [7, 11) is 3.75. The number of rotatable bonds is 3. The molecule has 0 spiro atoms. The minimum absolute atomic E-state index is 0.268. The number of aromatic nitrogens is 4. The van der Waals surface area contributed by atoms with Crippen LogP contribution >= 0.6 is 11.6 Å².